The highest BCUT2D eigenvalue weighted by atomic mass is 16.4. The Morgan fingerprint density at radius 3 is 2.25 bits per heavy atom. The van der Waals surface area contributed by atoms with Crippen LogP contribution >= 0.6 is 0 Å². The third-order valence-corrected chi connectivity index (χ3v) is 2.10. The minimum absolute atomic E-state index is 0.248. The van der Waals surface area contributed by atoms with E-state index in [2.05, 4.69) is 0 Å². The summed E-state index contributed by atoms with van der Waals surface area (Å²) >= 11 is 0. The van der Waals surface area contributed by atoms with Crippen LogP contribution in [-0.2, 0) is 11.2 Å². The van der Waals surface area contributed by atoms with E-state index < -0.39 is 11.9 Å². The molecule has 0 radical (unpaired) electrons. The van der Waals surface area contributed by atoms with Gasteiger partial charge in [0.05, 0.1) is 11.1 Å². The monoisotopic (exact) mass is 222 g/mol. The van der Waals surface area contributed by atoms with E-state index in [-0.39, 0.29) is 17.5 Å². The molecule has 5 heteroatoms. The van der Waals surface area contributed by atoms with Crippen LogP contribution in [0.5, 0.6) is 0 Å². The Labute approximate surface area is 91.3 Å². The Bertz CT molecular complexity index is 436. The summed E-state index contributed by atoms with van der Waals surface area (Å²) in [5.41, 5.74) is 0.132. The van der Waals surface area contributed by atoms with Crippen molar-refractivity contribution in [3.8, 4) is 0 Å². The van der Waals surface area contributed by atoms with E-state index in [0.29, 0.717) is 12.0 Å². The lowest BCUT2D eigenvalue weighted by Gasteiger charge is -2.04. The Balaban J connectivity index is 3.12. The number of benzene rings is 1. The van der Waals surface area contributed by atoms with Gasteiger partial charge in [0.2, 0.25) is 0 Å². The summed E-state index contributed by atoms with van der Waals surface area (Å²) in [6.45, 7) is 0. The molecule has 0 bridgehead atoms. The molecule has 0 atom stereocenters. The van der Waals surface area contributed by atoms with Crippen molar-refractivity contribution in [1.82, 2.24) is 0 Å². The molecule has 0 aliphatic rings. The second kappa shape index (κ2) is 5.06. The summed E-state index contributed by atoms with van der Waals surface area (Å²) in [6.07, 6.45) is 1.42. The van der Waals surface area contributed by atoms with E-state index >= 15 is 0 Å². The van der Waals surface area contributed by atoms with E-state index in [9.17, 15) is 14.4 Å². The molecule has 0 heterocycles. The lowest BCUT2D eigenvalue weighted by atomic mass is 10.0. The first kappa shape index (κ1) is 11.9. The number of aryl methyl sites for hydroxylation is 1. The fraction of sp³-hybridized carbons (Fsp3) is 0.182. The molecular formula is C11H10O5. The number of carboxylic acid groups (broad SMARTS) is 2. The van der Waals surface area contributed by atoms with Crippen LogP contribution in [0.3, 0.4) is 0 Å². The summed E-state index contributed by atoms with van der Waals surface area (Å²) in [4.78, 5) is 31.7. The van der Waals surface area contributed by atoms with Crippen molar-refractivity contribution in [2.24, 2.45) is 0 Å². The third-order valence-electron chi connectivity index (χ3n) is 2.10. The third kappa shape index (κ3) is 2.66. The Kier molecular flexibility index (Phi) is 3.77. The molecule has 0 saturated carbocycles. The van der Waals surface area contributed by atoms with Crippen molar-refractivity contribution < 1.29 is 24.6 Å². The molecule has 1 aromatic rings. The lowest BCUT2D eigenvalue weighted by molar-refractivity contribution is -0.107. The zero-order valence-electron chi connectivity index (χ0n) is 8.34. The summed E-state index contributed by atoms with van der Waals surface area (Å²) in [5.74, 6) is -2.57. The fourth-order valence-corrected chi connectivity index (χ4v) is 1.34. The molecule has 1 rings (SSSR count). The van der Waals surface area contributed by atoms with E-state index in [1.165, 1.54) is 18.2 Å². The predicted octanol–water partition coefficient (Wildman–Crippen LogP) is 1.21. The van der Waals surface area contributed by atoms with Gasteiger partial charge in [-0.15, -0.1) is 0 Å². The minimum Gasteiger partial charge on any atom is -0.478 e. The molecule has 0 unspecified atom stereocenters. The second-order valence-corrected chi connectivity index (χ2v) is 3.20. The van der Waals surface area contributed by atoms with Crippen molar-refractivity contribution in [1.29, 1.82) is 0 Å². The van der Waals surface area contributed by atoms with Gasteiger partial charge in [-0.05, 0) is 24.1 Å². The summed E-state index contributed by atoms with van der Waals surface area (Å²) < 4.78 is 0. The van der Waals surface area contributed by atoms with E-state index in [1.807, 2.05) is 0 Å². The van der Waals surface area contributed by atoms with E-state index in [0.717, 1.165) is 6.29 Å². The average Bonchev–Trinajstić information content (AvgIpc) is 2.25. The predicted molar refractivity (Wildman–Crippen MR) is 54.7 cm³/mol. The smallest absolute Gasteiger partial charge is 0.336 e. The minimum atomic E-state index is -1.29. The molecule has 0 aliphatic carbocycles. The zero-order chi connectivity index (χ0) is 12.1. The van der Waals surface area contributed by atoms with Gasteiger partial charge in [-0.25, -0.2) is 9.59 Å². The number of hydrogen-bond acceptors (Lipinski definition) is 3. The molecule has 5 nitrogen and oxygen atoms in total. The maximum absolute atomic E-state index is 10.8. The number of carboxylic acids is 2. The average molecular weight is 222 g/mol. The number of hydrogen-bond donors (Lipinski definition) is 2. The SMILES string of the molecule is O=CCCc1ccc(C(=O)O)c(C(=O)O)c1. The molecule has 0 amide bonds. The molecular weight excluding hydrogens is 212 g/mol. The summed E-state index contributed by atoms with van der Waals surface area (Å²) in [7, 11) is 0. The molecule has 0 fully saturated rings. The number of carbonyl (C=O) groups excluding carboxylic acids is 1. The van der Waals surface area contributed by atoms with Crippen LogP contribution in [0.2, 0.25) is 0 Å². The van der Waals surface area contributed by atoms with Crippen LogP contribution in [-0.4, -0.2) is 28.4 Å². The van der Waals surface area contributed by atoms with Crippen molar-refractivity contribution >= 4 is 18.2 Å². The van der Waals surface area contributed by atoms with Crippen molar-refractivity contribution in [2.45, 2.75) is 12.8 Å². The van der Waals surface area contributed by atoms with Gasteiger partial charge in [0, 0.05) is 6.42 Å². The standard InChI is InChI=1S/C11H10O5/c12-5-1-2-7-3-4-8(10(13)14)9(6-7)11(15)16/h3-6H,1-2H2,(H,13,14)(H,15,16). The highest BCUT2D eigenvalue weighted by molar-refractivity contribution is 6.01. The van der Waals surface area contributed by atoms with Crippen molar-refractivity contribution in [2.75, 3.05) is 0 Å². The molecule has 0 aliphatic heterocycles. The van der Waals surface area contributed by atoms with Gasteiger partial charge in [-0.1, -0.05) is 6.07 Å². The van der Waals surface area contributed by atoms with Crippen molar-refractivity contribution in [3.63, 3.8) is 0 Å². The molecule has 0 aromatic heterocycles. The second-order valence-electron chi connectivity index (χ2n) is 3.20. The fourth-order valence-electron chi connectivity index (χ4n) is 1.34. The quantitative estimate of drug-likeness (QED) is 0.730. The molecule has 0 spiro atoms. The Hall–Kier alpha value is -2.17. The van der Waals surface area contributed by atoms with Crippen LogP contribution < -0.4 is 0 Å². The normalized spacial score (nSPS) is 9.75. The van der Waals surface area contributed by atoms with Gasteiger partial charge in [0.25, 0.3) is 0 Å². The van der Waals surface area contributed by atoms with Crippen LogP contribution in [0.4, 0.5) is 0 Å². The van der Waals surface area contributed by atoms with E-state index in [4.69, 9.17) is 10.2 Å². The van der Waals surface area contributed by atoms with Gasteiger partial charge in [-0.2, -0.15) is 0 Å². The molecule has 1 aromatic carbocycles. The number of aromatic carboxylic acids is 2. The van der Waals surface area contributed by atoms with Gasteiger partial charge in [0.1, 0.15) is 6.29 Å². The zero-order valence-corrected chi connectivity index (χ0v) is 8.34. The van der Waals surface area contributed by atoms with Crippen LogP contribution in [0, 0.1) is 0 Å². The first-order valence-corrected chi connectivity index (χ1v) is 4.59. The van der Waals surface area contributed by atoms with Gasteiger partial charge in [0.15, 0.2) is 0 Å². The Morgan fingerprint density at radius 2 is 1.75 bits per heavy atom. The number of aldehydes is 1. The van der Waals surface area contributed by atoms with Gasteiger partial charge >= 0.3 is 11.9 Å². The molecule has 2 N–H and O–H groups in total. The summed E-state index contributed by atoms with van der Waals surface area (Å²) in [5, 5.41) is 17.6. The molecule has 84 valence electrons. The summed E-state index contributed by atoms with van der Waals surface area (Å²) in [6, 6.07) is 4.04. The lowest BCUT2D eigenvalue weighted by Crippen LogP contribution is -2.08. The van der Waals surface area contributed by atoms with Crippen molar-refractivity contribution in [3.05, 3.63) is 34.9 Å². The number of carbonyl (C=O) groups is 3. The maximum atomic E-state index is 10.8. The molecule has 16 heavy (non-hydrogen) atoms. The first-order chi connectivity index (χ1) is 7.56. The highest BCUT2D eigenvalue weighted by Crippen LogP contribution is 2.13. The first-order valence-electron chi connectivity index (χ1n) is 4.59. The highest BCUT2D eigenvalue weighted by Gasteiger charge is 2.15. The van der Waals surface area contributed by atoms with Crippen LogP contribution in [0.25, 0.3) is 0 Å². The van der Waals surface area contributed by atoms with Crippen LogP contribution in [0.1, 0.15) is 32.7 Å². The molecule has 0 saturated heterocycles. The van der Waals surface area contributed by atoms with E-state index in [1.54, 1.807) is 0 Å². The topological polar surface area (TPSA) is 91.7 Å². The van der Waals surface area contributed by atoms with Crippen LogP contribution in [0.15, 0.2) is 18.2 Å². The number of rotatable bonds is 5. The Morgan fingerprint density at radius 1 is 1.12 bits per heavy atom. The largest absolute Gasteiger partial charge is 0.478 e. The van der Waals surface area contributed by atoms with Gasteiger partial charge in [-0.3, -0.25) is 0 Å². The van der Waals surface area contributed by atoms with Gasteiger partial charge < -0.3 is 15.0 Å². The maximum Gasteiger partial charge on any atom is 0.336 e.